The first-order chi connectivity index (χ1) is 20.2. The molecule has 4 saturated carbocycles. The van der Waals surface area contributed by atoms with E-state index in [9.17, 15) is 5.11 Å². The van der Waals surface area contributed by atoms with Crippen molar-refractivity contribution in [2.24, 2.45) is 29.1 Å². The van der Waals surface area contributed by atoms with Crippen LogP contribution in [0, 0.1) is 29.1 Å². The van der Waals surface area contributed by atoms with Crippen molar-refractivity contribution in [3.63, 3.8) is 0 Å². The van der Waals surface area contributed by atoms with Gasteiger partial charge in [-0.15, -0.1) is 0 Å². The van der Waals surface area contributed by atoms with Crippen LogP contribution in [0.1, 0.15) is 113 Å². The van der Waals surface area contributed by atoms with Gasteiger partial charge in [0.05, 0.1) is 18.3 Å². The zero-order valence-corrected chi connectivity index (χ0v) is 32.7. The number of hydrogen-bond donors (Lipinski definition) is 1. The van der Waals surface area contributed by atoms with Crippen molar-refractivity contribution in [3.8, 4) is 0 Å². The van der Waals surface area contributed by atoms with Crippen LogP contribution in [-0.2, 0) is 8.85 Å². The molecule has 1 unspecified atom stereocenters. The fraction of sp³-hybridized carbons (Fsp3) is 0.795. The molecule has 4 aliphatic rings. The van der Waals surface area contributed by atoms with Gasteiger partial charge in [0.1, 0.15) is 0 Å². The van der Waals surface area contributed by atoms with Gasteiger partial charge in [0, 0.05) is 6.42 Å². The molecule has 4 aliphatic carbocycles. The van der Waals surface area contributed by atoms with Gasteiger partial charge in [-0.3, -0.25) is 0 Å². The molecule has 3 nitrogen and oxygen atoms in total. The summed E-state index contributed by atoms with van der Waals surface area (Å²) in [6.45, 7) is 33.2. The van der Waals surface area contributed by atoms with Crippen LogP contribution < -0.4 is 0 Å². The lowest BCUT2D eigenvalue weighted by Crippen LogP contribution is -2.49. The van der Waals surface area contributed by atoms with Crippen LogP contribution in [0.5, 0.6) is 0 Å². The summed E-state index contributed by atoms with van der Waals surface area (Å²) in [5.41, 5.74) is 4.49. The van der Waals surface area contributed by atoms with Crippen LogP contribution >= 0.6 is 0 Å². The van der Waals surface area contributed by atoms with Gasteiger partial charge in [0.25, 0.3) is 0 Å². The molecule has 0 aromatic heterocycles. The summed E-state index contributed by atoms with van der Waals surface area (Å²) in [4.78, 5) is 0. The molecular weight excluding hydrogens is 573 g/mol. The summed E-state index contributed by atoms with van der Waals surface area (Å²) in [5.74, 6) is 2.35. The first-order valence-corrected chi connectivity index (χ1v) is 23.8. The Morgan fingerprint density at radius 2 is 1.52 bits per heavy atom. The maximum Gasteiger partial charge on any atom is 0.192 e. The predicted octanol–water partition coefficient (Wildman–Crippen LogP) is 11.1. The molecule has 0 bridgehead atoms. The molecule has 250 valence electrons. The highest BCUT2D eigenvalue weighted by molar-refractivity contribution is 6.74. The topological polar surface area (TPSA) is 38.7 Å². The van der Waals surface area contributed by atoms with Crippen LogP contribution in [0.25, 0.3) is 0 Å². The molecule has 1 N–H and O–H groups in total. The molecule has 0 aromatic rings. The SMILES string of the molecule is C=C1/C(=C\C=C2/CCC[C@@]3(C)C2CC[C@@H]3[C@H](C)/C=C\[C@@H](O)C2CC2)C[C@@H](O[Si](C)(C)C(C)(C)C)C[C@@H]1O[Si](C)(C)C(C)(C)C. The Balaban J connectivity index is 1.57. The monoisotopic (exact) mass is 640 g/mol. The summed E-state index contributed by atoms with van der Waals surface area (Å²) in [6.07, 6.45) is 19.9. The second-order valence-electron chi connectivity index (χ2n) is 18.4. The Hall–Kier alpha value is -0.726. The molecule has 4 fully saturated rings. The third-order valence-corrected chi connectivity index (χ3v) is 22.1. The molecule has 0 saturated heterocycles. The summed E-state index contributed by atoms with van der Waals surface area (Å²) in [6, 6.07) is 0. The predicted molar refractivity (Wildman–Crippen MR) is 194 cm³/mol. The zero-order chi connectivity index (χ0) is 32.9. The van der Waals surface area contributed by atoms with Gasteiger partial charge in [-0.25, -0.2) is 0 Å². The van der Waals surface area contributed by atoms with Crippen LogP contribution in [0.3, 0.4) is 0 Å². The van der Waals surface area contributed by atoms with Crippen LogP contribution in [0.4, 0.5) is 0 Å². The van der Waals surface area contributed by atoms with Gasteiger partial charge in [0.2, 0.25) is 0 Å². The normalized spacial score (nSPS) is 34.2. The van der Waals surface area contributed by atoms with Crippen molar-refractivity contribution in [1.29, 1.82) is 0 Å². The maximum atomic E-state index is 10.5. The first-order valence-electron chi connectivity index (χ1n) is 18.0. The fourth-order valence-electron chi connectivity index (χ4n) is 7.93. The van der Waals surface area contributed by atoms with Crippen LogP contribution in [0.2, 0.25) is 36.3 Å². The first kappa shape index (κ1) is 36.1. The number of aliphatic hydroxyl groups is 1. The van der Waals surface area contributed by atoms with E-state index >= 15 is 0 Å². The standard InChI is InChI=1S/C39H68O3Si2/c1-27(16-23-35(40)30-18-19-30)33-21-22-34-29(15-14-24-39(33,34)9)17-20-31-25-32(41-43(10,11)37(3,4)5)26-36(28(31)2)42-44(12,13)38(6,7)8/h16-17,20,23,27,30,32-36,40H,2,14-15,18-19,21-22,24-26H2,1,3-13H3/b23-16-,29-17+,31-20-/t27-,32-,33-,34?,35-,36+,39-/m1/s1. The Labute approximate surface area is 274 Å². The van der Waals surface area contributed by atoms with E-state index < -0.39 is 16.6 Å². The fourth-order valence-corrected chi connectivity index (χ4v) is 10.6. The lowest BCUT2D eigenvalue weighted by atomic mass is 9.61. The van der Waals surface area contributed by atoms with Crippen molar-refractivity contribution in [2.75, 3.05) is 0 Å². The smallest absolute Gasteiger partial charge is 0.192 e. The largest absolute Gasteiger partial charge is 0.413 e. The average molecular weight is 641 g/mol. The van der Waals surface area contributed by atoms with E-state index in [0.717, 1.165) is 12.8 Å². The van der Waals surface area contributed by atoms with Crippen molar-refractivity contribution in [1.82, 2.24) is 0 Å². The minimum Gasteiger partial charge on any atom is -0.413 e. The van der Waals surface area contributed by atoms with Gasteiger partial charge in [-0.2, -0.15) is 0 Å². The van der Waals surface area contributed by atoms with Gasteiger partial charge in [-0.1, -0.05) is 91.8 Å². The van der Waals surface area contributed by atoms with Crippen LogP contribution in [-0.4, -0.2) is 40.1 Å². The zero-order valence-electron chi connectivity index (χ0n) is 30.7. The molecule has 0 spiro atoms. The molecule has 0 radical (unpaired) electrons. The van der Waals surface area contributed by atoms with E-state index in [2.05, 4.69) is 112 Å². The van der Waals surface area contributed by atoms with Crippen LogP contribution in [0.15, 0.2) is 47.6 Å². The van der Waals surface area contributed by atoms with Crippen molar-refractivity contribution in [2.45, 2.75) is 168 Å². The van der Waals surface area contributed by atoms with E-state index in [-0.39, 0.29) is 28.4 Å². The van der Waals surface area contributed by atoms with E-state index in [1.165, 1.54) is 56.1 Å². The molecule has 7 atom stereocenters. The number of hydrogen-bond acceptors (Lipinski definition) is 3. The summed E-state index contributed by atoms with van der Waals surface area (Å²) in [7, 11) is -3.90. The quantitative estimate of drug-likeness (QED) is 0.201. The van der Waals surface area contributed by atoms with Gasteiger partial charge in [-0.05, 0) is 128 Å². The van der Waals surface area contributed by atoms with E-state index in [1.54, 1.807) is 5.57 Å². The molecule has 4 rings (SSSR count). The highest BCUT2D eigenvalue weighted by Gasteiger charge is 2.50. The Kier molecular flexibility index (Phi) is 10.7. The third kappa shape index (κ3) is 7.86. The second kappa shape index (κ2) is 13.1. The summed E-state index contributed by atoms with van der Waals surface area (Å²) >= 11 is 0. The van der Waals surface area contributed by atoms with E-state index in [0.29, 0.717) is 29.1 Å². The van der Waals surface area contributed by atoms with Crippen molar-refractivity contribution in [3.05, 3.63) is 47.6 Å². The number of rotatable bonds is 9. The highest BCUT2D eigenvalue weighted by atomic mass is 28.4. The molecular formula is C39H68O3Si2. The van der Waals surface area contributed by atoms with Crippen molar-refractivity contribution >= 4 is 16.6 Å². The lowest BCUT2D eigenvalue weighted by molar-refractivity contribution is 0.0969. The molecule has 5 heteroatoms. The third-order valence-electron chi connectivity index (χ3n) is 13.1. The molecule has 0 heterocycles. The molecule has 0 amide bonds. The molecule has 44 heavy (non-hydrogen) atoms. The van der Waals surface area contributed by atoms with Gasteiger partial charge >= 0.3 is 0 Å². The highest BCUT2D eigenvalue weighted by Crippen LogP contribution is 2.59. The Morgan fingerprint density at radius 3 is 2.11 bits per heavy atom. The Morgan fingerprint density at radius 1 is 0.909 bits per heavy atom. The minimum atomic E-state index is -1.98. The Bertz CT molecular complexity index is 1130. The number of fused-ring (bicyclic) bond motifs is 1. The molecule has 0 aliphatic heterocycles. The van der Waals surface area contributed by atoms with Gasteiger partial charge in [0.15, 0.2) is 16.6 Å². The lowest BCUT2D eigenvalue weighted by Gasteiger charge is -2.45. The summed E-state index contributed by atoms with van der Waals surface area (Å²) < 4.78 is 14.2. The minimum absolute atomic E-state index is 0.0233. The number of allylic oxidation sites excluding steroid dienone is 4. The van der Waals surface area contributed by atoms with E-state index in [4.69, 9.17) is 8.85 Å². The maximum absolute atomic E-state index is 10.5. The van der Waals surface area contributed by atoms with Crippen molar-refractivity contribution < 1.29 is 14.0 Å². The average Bonchev–Trinajstić information content (AvgIpc) is 3.68. The molecule has 0 aromatic carbocycles. The summed E-state index contributed by atoms with van der Waals surface area (Å²) in [5, 5.41) is 10.8. The second-order valence-corrected chi connectivity index (χ2v) is 27.9. The number of aliphatic hydroxyl groups excluding tert-OH is 1. The van der Waals surface area contributed by atoms with E-state index in [1.807, 2.05) is 0 Å². The van der Waals surface area contributed by atoms with Gasteiger partial charge < -0.3 is 14.0 Å².